The quantitative estimate of drug-likeness (QED) is 0.260. The molecule has 0 radical (unpaired) electrons. The molecular formula is C12H24N2O6. The van der Waals surface area contributed by atoms with E-state index in [2.05, 4.69) is 10.6 Å². The van der Waals surface area contributed by atoms with Crippen LogP contribution < -0.4 is 10.6 Å². The second kappa shape index (κ2) is 10.6. The number of hydrogen-bond acceptors (Lipinski definition) is 6. The largest absolute Gasteiger partial charge is 0.394 e. The summed E-state index contributed by atoms with van der Waals surface area (Å²) >= 11 is 0. The summed E-state index contributed by atoms with van der Waals surface area (Å²) in [5.41, 5.74) is 0. The molecule has 0 aliphatic rings. The minimum Gasteiger partial charge on any atom is -0.394 e. The maximum Gasteiger partial charge on any atom is 0.223 e. The fourth-order valence-corrected chi connectivity index (χ4v) is 1.42. The van der Waals surface area contributed by atoms with E-state index in [1.165, 1.54) is 0 Å². The average molecular weight is 292 g/mol. The number of carbonyl (C=O) groups is 2. The third-order valence-electron chi connectivity index (χ3n) is 2.85. The van der Waals surface area contributed by atoms with Crippen LogP contribution in [0.4, 0.5) is 0 Å². The Hall–Kier alpha value is -1.22. The molecule has 0 rings (SSSR count). The van der Waals surface area contributed by atoms with Gasteiger partial charge in [-0.1, -0.05) is 6.92 Å². The van der Waals surface area contributed by atoms with Gasteiger partial charge in [0.25, 0.3) is 0 Å². The third kappa shape index (κ3) is 7.39. The fraction of sp³-hybridized carbons (Fsp3) is 0.833. The Bertz CT molecular complexity index is 292. The van der Waals surface area contributed by atoms with Crippen molar-refractivity contribution < 1.29 is 30.0 Å². The first-order chi connectivity index (χ1) is 9.48. The summed E-state index contributed by atoms with van der Waals surface area (Å²) in [6.45, 7) is 0.207. The SMILES string of the molecule is CC(CCC(=O)NC(CO)CO)C(=O)NC(CO)CO. The van der Waals surface area contributed by atoms with Gasteiger partial charge in [0, 0.05) is 12.3 Å². The second-order valence-electron chi connectivity index (χ2n) is 4.64. The molecule has 0 aromatic rings. The first-order valence-corrected chi connectivity index (χ1v) is 6.51. The Kier molecular flexibility index (Phi) is 9.91. The number of carbonyl (C=O) groups excluding carboxylic acids is 2. The summed E-state index contributed by atoms with van der Waals surface area (Å²) in [7, 11) is 0. The van der Waals surface area contributed by atoms with Crippen LogP contribution in [0.5, 0.6) is 0 Å². The molecule has 0 aliphatic carbocycles. The highest BCUT2D eigenvalue weighted by molar-refractivity contribution is 5.80. The van der Waals surface area contributed by atoms with E-state index in [1.807, 2.05) is 0 Å². The van der Waals surface area contributed by atoms with Gasteiger partial charge in [0.05, 0.1) is 38.5 Å². The summed E-state index contributed by atoms with van der Waals surface area (Å²) in [5, 5.41) is 40.2. The van der Waals surface area contributed by atoms with Crippen molar-refractivity contribution in [3.63, 3.8) is 0 Å². The maximum atomic E-state index is 11.7. The Morgan fingerprint density at radius 2 is 1.35 bits per heavy atom. The standard InChI is InChI=1S/C12H24N2O6/c1-8(12(20)14-10(6-17)7-18)2-3-11(19)13-9(4-15)5-16/h8-10,15-18H,2-7H2,1H3,(H,13,19)(H,14,20). The van der Waals surface area contributed by atoms with E-state index in [0.717, 1.165) is 0 Å². The molecule has 20 heavy (non-hydrogen) atoms. The maximum absolute atomic E-state index is 11.7. The van der Waals surface area contributed by atoms with Gasteiger partial charge in [0.2, 0.25) is 11.8 Å². The van der Waals surface area contributed by atoms with Gasteiger partial charge in [0.1, 0.15) is 0 Å². The highest BCUT2D eigenvalue weighted by Crippen LogP contribution is 2.06. The van der Waals surface area contributed by atoms with Crippen molar-refractivity contribution >= 4 is 11.8 Å². The van der Waals surface area contributed by atoms with Gasteiger partial charge >= 0.3 is 0 Å². The first-order valence-electron chi connectivity index (χ1n) is 6.51. The Balaban J connectivity index is 4.05. The van der Waals surface area contributed by atoms with E-state index in [-0.39, 0.29) is 51.1 Å². The zero-order chi connectivity index (χ0) is 15.5. The molecule has 118 valence electrons. The normalized spacial score (nSPS) is 12.6. The van der Waals surface area contributed by atoms with E-state index in [4.69, 9.17) is 20.4 Å². The lowest BCUT2D eigenvalue weighted by Gasteiger charge is -2.18. The van der Waals surface area contributed by atoms with Gasteiger partial charge in [-0.25, -0.2) is 0 Å². The smallest absolute Gasteiger partial charge is 0.223 e. The van der Waals surface area contributed by atoms with Crippen molar-refractivity contribution in [1.82, 2.24) is 10.6 Å². The van der Waals surface area contributed by atoms with Crippen LogP contribution in [0.3, 0.4) is 0 Å². The van der Waals surface area contributed by atoms with Crippen LogP contribution in [-0.2, 0) is 9.59 Å². The van der Waals surface area contributed by atoms with E-state index >= 15 is 0 Å². The molecule has 0 heterocycles. The van der Waals surface area contributed by atoms with Crippen molar-refractivity contribution in [2.24, 2.45) is 5.92 Å². The van der Waals surface area contributed by atoms with Crippen molar-refractivity contribution in [2.45, 2.75) is 31.8 Å². The van der Waals surface area contributed by atoms with Crippen molar-refractivity contribution in [3.05, 3.63) is 0 Å². The molecular weight excluding hydrogens is 268 g/mol. The fourth-order valence-electron chi connectivity index (χ4n) is 1.42. The van der Waals surface area contributed by atoms with Crippen LogP contribution >= 0.6 is 0 Å². The summed E-state index contributed by atoms with van der Waals surface area (Å²) in [4.78, 5) is 23.2. The Labute approximate surface area is 117 Å². The molecule has 0 aliphatic heterocycles. The van der Waals surface area contributed by atoms with Crippen molar-refractivity contribution in [2.75, 3.05) is 26.4 Å². The summed E-state index contributed by atoms with van der Waals surface area (Å²) in [6, 6.07) is -1.40. The molecule has 0 saturated carbocycles. The number of aliphatic hydroxyl groups is 4. The molecule has 8 nitrogen and oxygen atoms in total. The lowest BCUT2D eigenvalue weighted by Crippen LogP contribution is -2.43. The highest BCUT2D eigenvalue weighted by Gasteiger charge is 2.18. The molecule has 0 aromatic carbocycles. The minimum absolute atomic E-state index is 0.0774. The number of amides is 2. The monoisotopic (exact) mass is 292 g/mol. The summed E-state index contributed by atoms with van der Waals surface area (Å²) in [5.74, 6) is -1.17. The predicted molar refractivity (Wildman–Crippen MR) is 70.6 cm³/mol. The molecule has 0 bridgehead atoms. The molecule has 0 aromatic heterocycles. The zero-order valence-corrected chi connectivity index (χ0v) is 11.6. The van der Waals surface area contributed by atoms with Gasteiger partial charge in [-0.05, 0) is 6.42 Å². The van der Waals surface area contributed by atoms with E-state index in [1.54, 1.807) is 6.92 Å². The third-order valence-corrected chi connectivity index (χ3v) is 2.85. The zero-order valence-electron chi connectivity index (χ0n) is 11.6. The molecule has 1 unspecified atom stereocenters. The second-order valence-corrected chi connectivity index (χ2v) is 4.64. The number of hydrogen-bond donors (Lipinski definition) is 6. The van der Waals surface area contributed by atoms with E-state index in [9.17, 15) is 9.59 Å². The van der Waals surface area contributed by atoms with Crippen LogP contribution in [0.2, 0.25) is 0 Å². The summed E-state index contributed by atoms with van der Waals surface area (Å²) in [6.07, 6.45) is 0.360. The summed E-state index contributed by atoms with van der Waals surface area (Å²) < 4.78 is 0. The molecule has 0 spiro atoms. The van der Waals surface area contributed by atoms with Gasteiger partial charge in [0.15, 0.2) is 0 Å². The number of nitrogens with one attached hydrogen (secondary N) is 2. The lowest BCUT2D eigenvalue weighted by molar-refractivity contribution is -0.127. The van der Waals surface area contributed by atoms with Gasteiger partial charge in [-0.2, -0.15) is 0 Å². The predicted octanol–water partition coefficient (Wildman–Crippen LogP) is -2.66. The number of aliphatic hydroxyl groups excluding tert-OH is 4. The van der Waals surface area contributed by atoms with Crippen LogP contribution in [-0.4, -0.2) is 70.8 Å². The molecule has 2 amide bonds. The number of rotatable bonds is 10. The Morgan fingerprint density at radius 1 is 0.900 bits per heavy atom. The highest BCUT2D eigenvalue weighted by atomic mass is 16.3. The average Bonchev–Trinajstić information content (AvgIpc) is 2.47. The van der Waals surface area contributed by atoms with E-state index in [0.29, 0.717) is 0 Å². The Morgan fingerprint density at radius 3 is 1.80 bits per heavy atom. The molecule has 0 saturated heterocycles. The van der Waals surface area contributed by atoms with Crippen LogP contribution in [0.25, 0.3) is 0 Å². The van der Waals surface area contributed by atoms with E-state index < -0.39 is 18.0 Å². The molecule has 8 heteroatoms. The topological polar surface area (TPSA) is 139 Å². The molecule has 0 fully saturated rings. The van der Waals surface area contributed by atoms with Gasteiger partial charge in [-0.3, -0.25) is 9.59 Å². The van der Waals surface area contributed by atoms with Crippen molar-refractivity contribution in [3.8, 4) is 0 Å². The molecule has 6 N–H and O–H groups in total. The first kappa shape index (κ1) is 18.8. The lowest BCUT2D eigenvalue weighted by atomic mass is 10.0. The minimum atomic E-state index is -0.702. The van der Waals surface area contributed by atoms with Crippen LogP contribution in [0.15, 0.2) is 0 Å². The van der Waals surface area contributed by atoms with Crippen LogP contribution in [0, 0.1) is 5.92 Å². The van der Waals surface area contributed by atoms with Gasteiger partial charge in [-0.15, -0.1) is 0 Å². The van der Waals surface area contributed by atoms with Gasteiger partial charge < -0.3 is 31.1 Å². The van der Waals surface area contributed by atoms with Crippen molar-refractivity contribution in [1.29, 1.82) is 0 Å². The van der Waals surface area contributed by atoms with Crippen LogP contribution in [0.1, 0.15) is 19.8 Å². The molecule has 1 atom stereocenters.